The third-order valence-electron chi connectivity index (χ3n) is 9.41. The van der Waals surface area contributed by atoms with Crippen molar-refractivity contribution in [3.8, 4) is 67.8 Å². The van der Waals surface area contributed by atoms with Crippen LogP contribution in [0.3, 0.4) is 0 Å². The van der Waals surface area contributed by atoms with Crippen LogP contribution in [-0.4, -0.2) is 24.9 Å². The third-order valence-corrected chi connectivity index (χ3v) is 9.41. The first-order chi connectivity index (χ1) is 25.6. The molecule has 0 aliphatic heterocycles. The van der Waals surface area contributed by atoms with Crippen molar-refractivity contribution in [1.29, 1.82) is 0 Å². The Labute approximate surface area is 302 Å². The minimum absolute atomic E-state index is 0.612. The van der Waals surface area contributed by atoms with Gasteiger partial charge in [0.1, 0.15) is 0 Å². The van der Waals surface area contributed by atoms with E-state index in [9.17, 15) is 0 Å². The molecule has 0 aliphatic carbocycles. The topological polar surface area (TPSA) is 64.5 Å². The van der Waals surface area contributed by atoms with E-state index in [0.29, 0.717) is 17.5 Å². The molecule has 0 fully saturated rings. The Kier molecular flexibility index (Phi) is 7.86. The number of aromatic nitrogens is 5. The van der Waals surface area contributed by atoms with E-state index >= 15 is 0 Å². The molecule has 0 N–H and O–H groups in total. The molecular formula is C47H33N5. The summed E-state index contributed by atoms with van der Waals surface area (Å²) in [5.74, 6) is 2.60. The Morgan fingerprint density at radius 2 is 0.692 bits per heavy atom. The lowest BCUT2D eigenvalue weighted by atomic mass is 9.89. The van der Waals surface area contributed by atoms with Crippen LogP contribution < -0.4 is 0 Å². The highest BCUT2D eigenvalue weighted by Gasteiger charge is 2.17. The van der Waals surface area contributed by atoms with Crippen LogP contribution in [0.1, 0.15) is 11.4 Å². The van der Waals surface area contributed by atoms with Gasteiger partial charge in [-0.3, -0.25) is 0 Å². The maximum atomic E-state index is 5.13. The Hall–Kier alpha value is -6.85. The first kappa shape index (κ1) is 31.2. The van der Waals surface area contributed by atoms with Crippen molar-refractivity contribution < 1.29 is 0 Å². The SMILES string of the molecule is Cc1cc(C)nc(-c2ccc(-c3cc(-c4nc(-c5ccccc5)nc(-c5ccccc5)n4)cc(-c4c5ccccc5cc5ccccc45)c3)cc2)n1. The molecule has 0 aliphatic rings. The predicted octanol–water partition coefficient (Wildman–Crippen LogP) is 11.6. The van der Waals surface area contributed by atoms with Crippen molar-refractivity contribution in [1.82, 2.24) is 24.9 Å². The molecular weight excluding hydrogens is 635 g/mol. The van der Waals surface area contributed by atoms with Crippen molar-refractivity contribution >= 4 is 21.5 Å². The van der Waals surface area contributed by atoms with Gasteiger partial charge < -0.3 is 0 Å². The number of hydrogen-bond donors (Lipinski definition) is 0. The average molecular weight is 668 g/mol. The third kappa shape index (κ3) is 5.99. The Balaban J connectivity index is 1.29. The van der Waals surface area contributed by atoms with Crippen LogP contribution >= 0.6 is 0 Å². The quantitative estimate of drug-likeness (QED) is 0.165. The van der Waals surface area contributed by atoms with Gasteiger partial charge >= 0.3 is 0 Å². The number of aryl methyl sites for hydroxylation is 2. The molecule has 0 radical (unpaired) electrons. The minimum Gasteiger partial charge on any atom is -0.233 e. The summed E-state index contributed by atoms with van der Waals surface area (Å²) < 4.78 is 0. The molecule has 0 atom stereocenters. The van der Waals surface area contributed by atoms with E-state index in [1.807, 2.05) is 80.6 Å². The largest absolute Gasteiger partial charge is 0.233 e. The average Bonchev–Trinajstić information content (AvgIpc) is 3.20. The van der Waals surface area contributed by atoms with Gasteiger partial charge in [-0.1, -0.05) is 133 Å². The van der Waals surface area contributed by atoms with Gasteiger partial charge in [-0.15, -0.1) is 0 Å². The van der Waals surface area contributed by atoms with Crippen molar-refractivity contribution in [2.24, 2.45) is 0 Å². The molecule has 0 amide bonds. The highest BCUT2D eigenvalue weighted by atomic mass is 15.0. The number of benzene rings is 7. The zero-order valence-electron chi connectivity index (χ0n) is 28.8. The van der Waals surface area contributed by atoms with E-state index in [1.54, 1.807) is 0 Å². The molecule has 0 bridgehead atoms. The number of fused-ring (bicyclic) bond motifs is 2. The second-order valence-corrected chi connectivity index (χ2v) is 13.1. The monoisotopic (exact) mass is 667 g/mol. The summed E-state index contributed by atoms with van der Waals surface area (Å²) in [7, 11) is 0. The first-order valence-electron chi connectivity index (χ1n) is 17.4. The summed E-state index contributed by atoms with van der Waals surface area (Å²) >= 11 is 0. The fourth-order valence-electron chi connectivity index (χ4n) is 7.00. The number of rotatable bonds is 6. The molecule has 2 heterocycles. The highest BCUT2D eigenvalue weighted by Crippen LogP contribution is 2.40. The second-order valence-electron chi connectivity index (χ2n) is 13.1. The smallest absolute Gasteiger partial charge is 0.164 e. The van der Waals surface area contributed by atoms with Crippen LogP contribution in [0.4, 0.5) is 0 Å². The van der Waals surface area contributed by atoms with Crippen molar-refractivity contribution in [3.05, 3.63) is 175 Å². The summed E-state index contributed by atoms with van der Waals surface area (Å²) in [5, 5.41) is 4.77. The van der Waals surface area contributed by atoms with Gasteiger partial charge in [0.2, 0.25) is 0 Å². The van der Waals surface area contributed by atoms with Crippen molar-refractivity contribution in [2.75, 3.05) is 0 Å². The number of hydrogen-bond acceptors (Lipinski definition) is 5. The van der Waals surface area contributed by atoms with Gasteiger partial charge in [-0.2, -0.15) is 0 Å². The zero-order valence-corrected chi connectivity index (χ0v) is 28.8. The Morgan fingerprint density at radius 3 is 1.25 bits per heavy atom. The van der Waals surface area contributed by atoms with Crippen LogP contribution in [0.2, 0.25) is 0 Å². The first-order valence-corrected chi connectivity index (χ1v) is 17.4. The van der Waals surface area contributed by atoms with E-state index in [-0.39, 0.29) is 0 Å². The van der Waals surface area contributed by atoms with E-state index in [1.165, 1.54) is 27.1 Å². The second kappa shape index (κ2) is 13.1. The van der Waals surface area contributed by atoms with Crippen molar-refractivity contribution in [2.45, 2.75) is 13.8 Å². The highest BCUT2D eigenvalue weighted by molar-refractivity contribution is 6.13. The van der Waals surface area contributed by atoms with Crippen LogP contribution in [0.25, 0.3) is 89.4 Å². The normalized spacial score (nSPS) is 11.3. The molecule has 246 valence electrons. The zero-order chi connectivity index (χ0) is 35.0. The maximum Gasteiger partial charge on any atom is 0.164 e. The Morgan fingerprint density at radius 1 is 0.288 bits per heavy atom. The van der Waals surface area contributed by atoms with Gasteiger partial charge in [-0.25, -0.2) is 24.9 Å². The standard InChI is InChI=1S/C47H33N5/c1-30-25-31(2)49-44(48-30)35-23-21-32(22-24-35)38-27-39(43-41-19-11-9-17-36(41)26-37-18-10-12-20-42(37)43)29-40(28-38)47-51-45(33-13-5-3-6-14-33)50-46(52-47)34-15-7-4-8-16-34/h3-29H,1-2H3. The summed E-state index contributed by atoms with van der Waals surface area (Å²) in [5.41, 5.74) is 10.0. The molecule has 0 saturated heterocycles. The maximum absolute atomic E-state index is 5.13. The molecule has 5 heteroatoms. The molecule has 2 aromatic heterocycles. The van der Waals surface area contributed by atoms with Gasteiger partial charge in [0, 0.05) is 33.6 Å². The minimum atomic E-state index is 0.612. The Bertz CT molecular complexity index is 2610. The van der Waals surface area contributed by atoms with Gasteiger partial charge in [0.05, 0.1) is 0 Å². The molecule has 9 aromatic rings. The van der Waals surface area contributed by atoms with Gasteiger partial charge in [-0.05, 0) is 88.0 Å². The lowest BCUT2D eigenvalue weighted by Crippen LogP contribution is -2.00. The summed E-state index contributed by atoms with van der Waals surface area (Å²) in [6.45, 7) is 4.01. The molecule has 0 spiro atoms. The molecule has 0 unspecified atom stereocenters. The molecule has 52 heavy (non-hydrogen) atoms. The van der Waals surface area contributed by atoms with Crippen molar-refractivity contribution in [3.63, 3.8) is 0 Å². The van der Waals surface area contributed by atoms with Crippen LogP contribution in [-0.2, 0) is 0 Å². The van der Waals surface area contributed by atoms with Crippen LogP contribution in [0.5, 0.6) is 0 Å². The van der Waals surface area contributed by atoms with Gasteiger partial charge in [0.25, 0.3) is 0 Å². The summed E-state index contributed by atoms with van der Waals surface area (Å²) in [4.78, 5) is 24.6. The van der Waals surface area contributed by atoms with E-state index < -0.39 is 0 Å². The molecule has 0 saturated carbocycles. The number of nitrogens with zero attached hydrogens (tertiary/aromatic N) is 5. The predicted molar refractivity (Wildman–Crippen MR) is 213 cm³/mol. The fraction of sp³-hybridized carbons (Fsp3) is 0.0426. The van der Waals surface area contributed by atoms with E-state index in [4.69, 9.17) is 24.9 Å². The lowest BCUT2D eigenvalue weighted by Gasteiger charge is -2.16. The summed E-state index contributed by atoms with van der Waals surface area (Å²) in [6.07, 6.45) is 0. The van der Waals surface area contributed by atoms with Crippen LogP contribution in [0, 0.1) is 13.8 Å². The summed E-state index contributed by atoms with van der Waals surface area (Å²) in [6, 6.07) is 57.0. The van der Waals surface area contributed by atoms with E-state index in [0.717, 1.165) is 56.2 Å². The molecule has 9 rings (SSSR count). The fourth-order valence-corrected chi connectivity index (χ4v) is 7.00. The van der Waals surface area contributed by atoms with Crippen LogP contribution in [0.15, 0.2) is 164 Å². The van der Waals surface area contributed by atoms with Gasteiger partial charge in [0.15, 0.2) is 23.3 Å². The van der Waals surface area contributed by atoms with E-state index in [2.05, 4.69) is 97.1 Å². The lowest BCUT2D eigenvalue weighted by molar-refractivity contribution is 1.06. The molecule has 5 nitrogen and oxygen atoms in total. The molecule has 7 aromatic carbocycles.